The summed E-state index contributed by atoms with van der Waals surface area (Å²) in [4.78, 5) is 5.09. The van der Waals surface area contributed by atoms with Crippen LogP contribution in [0, 0.1) is 0 Å². The molecule has 0 bridgehead atoms. The fourth-order valence-electron chi connectivity index (χ4n) is 6.07. The Labute approximate surface area is 238 Å². The van der Waals surface area contributed by atoms with E-state index in [2.05, 4.69) is 99.0 Å². The van der Waals surface area contributed by atoms with Gasteiger partial charge in [-0.15, -0.1) is 0 Å². The summed E-state index contributed by atoms with van der Waals surface area (Å²) in [6.45, 7) is 8.30. The Balaban J connectivity index is 1.50. The first-order chi connectivity index (χ1) is 19.8. The Bertz CT molecular complexity index is 2090. The third kappa shape index (κ3) is 3.54. The highest BCUT2D eigenvalue weighted by Gasteiger charge is 2.52. The highest BCUT2D eigenvalue weighted by molar-refractivity contribution is 6.65. The first kappa shape index (κ1) is 24.4. The van der Waals surface area contributed by atoms with Gasteiger partial charge < -0.3 is 18.3 Å². The smallest absolute Gasteiger partial charge is 0.435 e. The molecule has 6 heteroatoms. The monoisotopic (exact) mass is 536 g/mol. The van der Waals surface area contributed by atoms with E-state index in [1.165, 1.54) is 5.39 Å². The largest absolute Gasteiger partial charge is 0.497 e. The van der Waals surface area contributed by atoms with Gasteiger partial charge in [0.15, 0.2) is 5.58 Å². The number of fused-ring (bicyclic) bond motifs is 7. The first-order valence-electron chi connectivity index (χ1n) is 14.1. The Morgan fingerprint density at radius 3 is 2.07 bits per heavy atom. The minimum Gasteiger partial charge on any atom is -0.435 e. The van der Waals surface area contributed by atoms with Crippen LogP contribution in [-0.4, -0.2) is 27.9 Å². The Kier molecular flexibility index (Phi) is 5.10. The first-order valence-corrected chi connectivity index (χ1v) is 14.1. The van der Waals surface area contributed by atoms with Gasteiger partial charge in [0.05, 0.1) is 22.2 Å². The van der Waals surface area contributed by atoms with Gasteiger partial charge in [-0.2, -0.15) is 0 Å². The van der Waals surface area contributed by atoms with Crippen LogP contribution in [0.15, 0.2) is 108 Å². The summed E-state index contributed by atoms with van der Waals surface area (Å²) in [6.07, 6.45) is 0. The van der Waals surface area contributed by atoms with E-state index in [0.717, 1.165) is 55.0 Å². The summed E-state index contributed by atoms with van der Waals surface area (Å²) in [5.74, 6) is 0.578. The molecule has 1 aliphatic rings. The molecular weight excluding hydrogens is 507 g/mol. The molecule has 7 aromatic rings. The maximum absolute atomic E-state index is 6.71. The Morgan fingerprint density at radius 2 is 1.34 bits per heavy atom. The molecule has 5 nitrogen and oxygen atoms in total. The van der Waals surface area contributed by atoms with Crippen LogP contribution in [0.4, 0.5) is 0 Å². The zero-order valence-corrected chi connectivity index (χ0v) is 23.5. The van der Waals surface area contributed by atoms with Crippen LogP contribution in [0.2, 0.25) is 0 Å². The summed E-state index contributed by atoms with van der Waals surface area (Å²) in [6, 6.07) is 35.7. The summed E-state index contributed by atoms with van der Waals surface area (Å²) in [5, 5.41) is 4.40. The second-order valence-corrected chi connectivity index (χ2v) is 11.9. The predicted octanol–water partition coefficient (Wildman–Crippen LogP) is 8.04. The average Bonchev–Trinajstić information content (AvgIpc) is 3.63. The van der Waals surface area contributed by atoms with E-state index in [1.54, 1.807) is 0 Å². The number of hydrogen-bond acceptors (Lipinski definition) is 4. The lowest BCUT2D eigenvalue weighted by atomic mass is 9.77. The van der Waals surface area contributed by atoms with Crippen LogP contribution in [0.25, 0.3) is 60.8 Å². The molecule has 0 atom stereocenters. The number of oxazole rings is 1. The molecule has 0 spiro atoms. The van der Waals surface area contributed by atoms with Crippen LogP contribution in [0.5, 0.6) is 0 Å². The van der Waals surface area contributed by atoms with Gasteiger partial charge in [-0.3, -0.25) is 0 Å². The molecule has 1 aliphatic heterocycles. The maximum atomic E-state index is 6.71. The molecule has 0 unspecified atom stereocenters. The lowest BCUT2D eigenvalue weighted by Gasteiger charge is -2.32. The van der Waals surface area contributed by atoms with Crippen LogP contribution in [-0.2, 0) is 9.31 Å². The molecule has 8 rings (SSSR count). The van der Waals surface area contributed by atoms with Gasteiger partial charge in [0.25, 0.3) is 0 Å². The molecule has 3 heterocycles. The molecule has 5 aromatic carbocycles. The fraction of sp³-hybridized carbons (Fsp3) is 0.171. The van der Waals surface area contributed by atoms with Crippen molar-refractivity contribution in [3.63, 3.8) is 0 Å². The molecule has 0 saturated carbocycles. The second-order valence-electron chi connectivity index (χ2n) is 11.9. The summed E-state index contributed by atoms with van der Waals surface area (Å²) in [7, 11) is -0.568. The molecule has 2 aromatic heterocycles. The van der Waals surface area contributed by atoms with Crippen molar-refractivity contribution in [3.05, 3.63) is 103 Å². The number of rotatable bonds is 3. The van der Waals surface area contributed by atoms with Crippen molar-refractivity contribution >= 4 is 56.3 Å². The molecule has 0 amide bonds. The summed E-state index contributed by atoms with van der Waals surface area (Å²) < 4.78 is 22.1. The van der Waals surface area contributed by atoms with Gasteiger partial charge in [0.2, 0.25) is 5.89 Å². The van der Waals surface area contributed by atoms with Crippen molar-refractivity contribution in [1.82, 2.24) is 9.55 Å². The maximum Gasteiger partial charge on any atom is 0.497 e. The van der Waals surface area contributed by atoms with E-state index < -0.39 is 18.3 Å². The van der Waals surface area contributed by atoms with Crippen molar-refractivity contribution in [2.24, 2.45) is 0 Å². The highest BCUT2D eigenvalue weighted by Crippen LogP contribution is 2.42. The lowest BCUT2D eigenvalue weighted by molar-refractivity contribution is 0.00578. The topological polar surface area (TPSA) is 49.4 Å². The van der Waals surface area contributed by atoms with Crippen molar-refractivity contribution in [2.45, 2.75) is 38.9 Å². The normalized spacial score (nSPS) is 16.4. The highest BCUT2D eigenvalue weighted by atomic mass is 16.7. The lowest BCUT2D eigenvalue weighted by Crippen LogP contribution is -2.41. The van der Waals surface area contributed by atoms with Crippen LogP contribution in [0.1, 0.15) is 27.7 Å². The minimum absolute atomic E-state index is 0.474. The molecule has 0 radical (unpaired) electrons. The summed E-state index contributed by atoms with van der Waals surface area (Å²) >= 11 is 0. The van der Waals surface area contributed by atoms with E-state index >= 15 is 0 Å². The molecule has 0 N–H and O–H groups in total. The summed E-state index contributed by atoms with van der Waals surface area (Å²) in [5.41, 5.74) is 5.74. The third-order valence-corrected chi connectivity index (χ3v) is 8.85. The van der Waals surface area contributed by atoms with Crippen molar-refractivity contribution in [1.29, 1.82) is 0 Å². The van der Waals surface area contributed by atoms with Gasteiger partial charge in [0.1, 0.15) is 5.52 Å². The minimum atomic E-state index is -0.568. The Morgan fingerprint density at radius 1 is 0.683 bits per heavy atom. The van der Waals surface area contributed by atoms with E-state index in [0.29, 0.717) is 5.89 Å². The van der Waals surface area contributed by atoms with Crippen LogP contribution in [0.3, 0.4) is 0 Å². The quantitative estimate of drug-likeness (QED) is 0.215. The molecule has 200 valence electrons. The van der Waals surface area contributed by atoms with E-state index in [9.17, 15) is 0 Å². The van der Waals surface area contributed by atoms with Crippen LogP contribution >= 0.6 is 0 Å². The van der Waals surface area contributed by atoms with Crippen molar-refractivity contribution < 1.29 is 13.7 Å². The molecule has 0 aliphatic carbocycles. The number of nitrogens with zero attached hydrogens (tertiary/aromatic N) is 2. The SMILES string of the molecule is CC1(C)OB(c2cc3ccc4c(c5ccccc5n4-c4ccccc4)c3c3oc(-c4ccccc4)nc23)OC1(C)C. The van der Waals surface area contributed by atoms with Gasteiger partial charge in [-0.25, -0.2) is 4.98 Å². The van der Waals surface area contributed by atoms with E-state index in [1.807, 2.05) is 36.4 Å². The van der Waals surface area contributed by atoms with Crippen LogP contribution < -0.4 is 5.46 Å². The molecule has 1 saturated heterocycles. The van der Waals surface area contributed by atoms with E-state index in [-0.39, 0.29) is 0 Å². The molecular formula is C35H29BN2O3. The number of hydrogen-bond donors (Lipinski definition) is 0. The van der Waals surface area contributed by atoms with Crippen molar-refractivity contribution in [3.8, 4) is 17.1 Å². The molecule has 1 fully saturated rings. The van der Waals surface area contributed by atoms with Gasteiger partial charge >= 0.3 is 7.12 Å². The second kappa shape index (κ2) is 8.56. The fourth-order valence-corrected chi connectivity index (χ4v) is 6.07. The predicted molar refractivity (Wildman–Crippen MR) is 167 cm³/mol. The number of benzene rings is 5. The van der Waals surface area contributed by atoms with Gasteiger partial charge in [-0.05, 0) is 69.5 Å². The average molecular weight is 536 g/mol. The van der Waals surface area contributed by atoms with Gasteiger partial charge in [-0.1, -0.05) is 66.7 Å². The number of aromatic nitrogens is 2. The zero-order chi connectivity index (χ0) is 27.9. The number of para-hydroxylation sites is 2. The zero-order valence-electron chi connectivity index (χ0n) is 23.5. The van der Waals surface area contributed by atoms with Crippen molar-refractivity contribution in [2.75, 3.05) is 0 Å². The molecule has 41 heavy (non-hydrogen) atoms. The van der Waals surface area contributed by atoms with Gasteiger partial charge in [0, 0.05) is 32.9 Å². The standard InChI is InChI=1S/C35H29BN2O3/c1-34(2)35(3,4)41-36(40-34)26-21-23-19-20-28-30(25-17-11-12-18-27(25)38(28)24-15-9-6-10-16-24)29(23)32-31(26)37-33(39-32)22-13-7-5-8-14-22/h5-21H,1-4H3. The third-order valence-electron chi connectivity index (χ3n) is 8.85. The van der Waals surface area contributed by atoms with E-state index in [4.69, 9.17) is 18.7 Å². The Hall–Kier alpha value is -4.39.